The zero-order chi connectivity index (χ0) is 17.8. The minimum Gasteiger partial charge on any atom is -0.323 e. The number of amides is 1. The number of nitrogens with one attached hydrogen (secondary N) is 1. The summed E-state index contributed by atoms with van der Waals surface area (Å²) in [5, 5.41) is 12.7. The van der Waals surface area contributed by atoms with Gasteiger partial charge in [-0.05, 0) is 12.1 Å². The SMILES string of the molecule is O=C(CCn1cc(Cl)cn1)Nc1cnn(Cc2c(Cl)cccc2Cl)c1. The summed E-state index contributed by atoms with van der Waals surface area (Å²) >= 11 is 18.1. The van der Waals surface area contributed by atoms with Crippen LogP contribution in [0.3, 0.4) is 0 Å². The molecule has 2 aromatic heterocycles. The largest absolute Gasteiger partial charge is 0.323 e. The lowest BCUT2D eigenvalue weighted by Gasteiger charge is -2.06. The van der Waals surface area contributed by atoms with Crippen molar-refractivity contribution in [1.82, 2.24) is 19.6 Å². The smallest absolute Gasteiger partial charge is 0.226 e. The van der Waals surface area contributed by atoms with Crippen LogP contribution < -0.4 is 5.32 Å². The molecule has 0 saturated heterocycles. The number of anilines is 1. The highest BCUT2D eigenvalue weighted by Crippen LogP contribution is 2.25. The number of carbonyl (C=O) groups is 1. The van der Waals surface area contributed by atoms with Crippen molar-refractivity contribution in [3.05, 3.63) is 63.6 Å². The van der Waals surface area contributed by atoms with E-state index in [-0.39, 0.29) is 12.3 Å². The van der Waals surface area contributed by atoms with Crippen molar-refractivity contribution in [1.29, 1.82) is 0 Å². The molecular weight excluding hydrogens is 385 g/mol. The molecule has 0 bridgehead atoms. The number of rotatable bonds is 6. The van der Waals surface area contributed by atoms with E-state index in [2.05, 4.69) is 15.5 Å². The Morgan fingerprint density at radius 1 is 1.04 bits per heavy atom. The third-order valence-corrected chi connectivity index (χ3v) is 4.37. The molecule has 0 aliphatic rings. The first-order chi connectivity index (χ1) is 12.0. The van der Waals surface area contributed by atoms with Crippen LogP contribution in [0.4, 0.5) is 5.69 Å². The quantitative estimate of drug-likeness (QED) is 0.679. The van der Waals surface area contributed by atoms with Gasteiger partial charge in [0, 0.05) is 41.0 Å². The highest BCUT2D eigenvalue weighted by molar-refractivity contribution is 6.36. The predicted molar refractivity (Wildman–Crippen MR) is 98.3 cm³/mol. The van der Waals surface area contributed by atoms with Crippen molar-refractivity contribution in [3.63, 3.8) is 0 Å². The van der Waals surface area contributed by atoms with Crippen molar-refractivity contribution in [2.45, 2.75) is 19.5 Å². The Labute approximate surface area is 159 Å². The van der Waals surface area contributed by atoms with Crippen molar-refractivity contribution in [2.75, 3.05) is 5.32 Å². The van der Waals surface area contributed by atoms with Crippen molar-refractivity contribution < 1.29 is 4.79 Å². The summed E-state index contributed by atoms with van der Waals surface area (Å²) in [7, 11) is 0. The predicted octanol–water partition coefficient (Wildman–Crippen LogP) is 4.12. The zero-order valence-electron chi connectivity index (χ0n) is 13.0. The number of hydrogen-bond acceptors (Lipinski definition) is 3. The van der Waals surface area contributed by atoms with Crippen LogP contribution in [0.1, 0.15) is 12.0 Å². The lowest BCUT2D eigenvalue weighted by atomic mass is 10.2. The van der Waals surface area contributed by atoms with Crippen LogP contribution in [0.15, 0.2) is 43.0 Å². The van der Waals surface area contributed by atoms with Crippen LogP contribution in [0.25, 0.3) is 0 Å². The van der Waals surface area contributed by atoms with Gasteiger partial charge < -0.3 is 5.32 Å². The van der Waals surface area contributed by atoms with Gasteiger partial charge in [-0.1, -0.05) is 40.9 Å². The van der Waals surface area contributed by atoms with Gasteiger partial charge in [-0.25, -0.2) is 0 Å². The second-order valence-corrected chi connectivity index (χ2v) is 6.60. The molecule has 0 aliphatic heterocycles. The number of aromatic nitrogens is 4. The van der Waals surface area contributed by atoms with E-state index in [9.17, 15) is 4.79 Å². The molecule has 2 heterocycles. The fraction of sp³-hybridized carbons (Fsp3) is 0.188. The van der Waals surface area contributed by atoms with Crippen molar-refractivity contribution in [2.24, 2.45) is 0 Å². The van der Waals surface area contributed by atoms with Crippen LogP contribution >= 0.6 is 34.8 Å². The third-order valence-electron chi connectivity index (χ3n) is 3.47. The molecule has 1 amide bonds. The number of carbonyl (C=O) groups excluding carboxylic acids is 1. The fourth-order valence-corrected chi connectivity index (χ4v) is 2.93. The Morgan fingerprint density at radius 3 is 2.44 bits per heavy atom. The first-order valence-electron chi connectivity index (χ1n) is 7.44. The first-order valence-corrected chi connectivity index (χ1v) is 8.58. The molecule has 0 spiro atoms. The van der Waals surface area contributed by atoms with Gasteiger partial charge in [0.15, 0.2) is 0 Å². The van der Waals surface area contributed by atoms with Crippen LogP contribution in [0.5, 0.6) is 0 Å². The van der Waals surface area contributed by atoms with E-state index < -0.39 is 0 Å². The number of benzene rings is 1. The second-order valence-electron chi connectivity index (χ2n) is 5.35. The minimum absolute atomic E-state index is 0.137. The zero-order valence-corrected chi connectivity index (χ0v) is 15.3. The molecule has 3 rings (SSSR count). The maximum Gasteiger partial charge on any atom is 0.226 e. The Bertz CT molecular complexity index is 869. The van der Waals surface area contributed by atoms with E-state index in [0.717, 1.165) is 5.56 Å². The molecular formula is C16H14Cl3N5O. The fourth-order valence-electron chi connectivity index (χ4n) is 2.26. The summed E-state index contributed by atoms with van der Waals surface area (Å²) in [6.45, 7) is 0.863. The highest BCUT2D eigenvalue weighted by Gasteiger charge is 2.09. The summed E-state index contributed by atoms with van der Waals surface area (Å²) in [5.74, 6) is -0.137. The molecule has 0 fully saturated rings. The van der Waals surface area contributed by atoms with E-state index in [1.165, 1.54) is 6.20 Å². The maximum atomic E-state index is 12.0. The van der Waals surface area contributed by atoms with Crippen LogP contribution in [0.2, 0.25) is 15.1 Å². The molecule has 9 heteroatoms. The van der Waals surface area contributed by atoms with E-state index in [4.69, 9.17) is 34.8 Å². The van der Waals surface area contributed by atoms with Gasteiger partial charge in [-0.2, -0.15) is 10.2 Å². The number of aryl methyl sites for hydroxylation is 1. The van der Waals surface area contributed by atoms with Crippen molar-refractivity contribution >= 4 is 46.4 Å². The molecule has 1 N–H and O–H groups in total. The van der Waals surface area contributed by atoms with Gasteiger partial charge in [0.05, 0.1) is 29.6 Å². The van der Waals surface area contributed by atoms with Gasteiger partial charge >= 0.3 is 0 Å². The monoisotopic (exact) mass is 397 g/mol. The molecule has 0 unspecified atom stereocenters. The van der Waals surface area contributed by atoms with E-state index in [1.54, 1.807) is 46.2 Å². The normalized spacial score (nSPS) is 10.8. The van der Waals surface area contributed by atoms with Crippen LogP contribution in [-0.2, 0) is 17.9 Å². The van der Waals surface area contributed by atoms with Gasteiger partial charge in [0.25, 0.3) is 0 Å². The summed E-state index contributed by atoms with van der Waals surface area (Å²) in [6.07, 6.45) is 6.78. The summed E-state index contributed by atoms with van der Waals surface area (Å²) in [6, 6.07) is 5.34. The topological polar surface area (TPSA) is 64.7 Å². The van der Waals surface area contributed by atoms with Gasteiger partial charge in [-0.15, -0.1) is 0 Å². The summed E-state index contributed by atoms with van der Waals surface area (Å²) in [4.78, 5) is 12.0. The van der Waals surface area contributed by atoms with Gasteiger partial charge in [-0.3, -0.25) is 14.2 Å². The maximum absolute atomic E-state index is 12.0. The molecule has 0 radical (unpaired) electrons. The minimum atomic E-state index is -0.137. The van der Waals surface area contributed by atoms with E-state index >= 15 is 0 Å². The first kappa shape index (κ1) is 17.8. The van der Waals surface area contributed by atoms with Crippen molar-refractivity contribution in [3.8, 4) is 0 Å². The Morgan fingerprint density at radius 2 is 1.76 bits per heavy atom. The number of hydrogen-bond donors (Lipinski definition) is 1. The lowest BCUT2D eigenvalue weighted by Crippen LogP contribution is -2.14. The van der Waals surface area contributed by atoms with Crippen LogP contribution in [-0.4, -0.2) is 25.5 Å². The molecule has 130 valence electrons. The Hall–Kier alpha value is -2.02. The lowest BCUT2D eigenvalue weighted by molar-refractivity contribution is -0.116. The standard InChI is InChI=1S/C16H14Cl3N5O/c17-11-6-20-23(8-11)5-4-16(25)22-12-7-21-24(9-12)10-13-14(18)2-1-3-15(13)19/h1-3,6-9H,4-5,10H2,(H,22,25). The molecule has 1 aromatic carbocycles. The van der Waals surface area contributed by atoms with Gasteiger partial charge in [0.1, 0.15) is 0 Å². The average Bonchev–Trinajstić information content (AvgIpc) is 3.18. The molecule has 0 saturated carbocycles. The Balaban J connectivity index is 1.57. The molecule has 3 aromatic rings. The van der Waals surface area contributed by atoms with E-state index in [0.29, 0.717) is 33.8 Å². The van der Waals surface area contributed by atoms with E-state index in [1.807, 2.05) is 0 Å². The molecule has 0 atom stereocenters. The third kappa shape index (κ3) is 4.75. The molecule has 0 aliphatic carbocycles. The number of halogens is 3. The van der Waals surface area contributed by atoms with Crippen LogP contribution in [0, 0.1) is 0 Å². The van der Waals surface area contributed by atoms with Gasteiger partial charge in [0.2, 0.25) is 5.91 Å². The molecule has 25 heavy (non-hydrogen) atoms. The Kier molecular flexibility index (Phi) is 5.63. The second kappa shape index (κ2) is 7.91. The number of nitrogens with zero attached hydrogens (tertiary/aromatic N) is 4. The average molecular weight is 399 g/mol. The highest BCUT2D eigenvalue weighted by atomic mass is 35.5. The summed E-state index contributed by atoms with van der Waals surface area (Å²) < 4.78 is 3.28. The molecule has 6 nitrogen and oxygen atoms in total. The summed E-state index contributed by atoms with van der Waals surface area (Å²) in [5.41, 5.74) is 1.38.